The van der Waals surface area contributed by atoms with Crippen molar-refractivity contribution in [2.75, 3.05) is 5.32 Å². The highest BCUT2D eigenvalue weighted by Gasteiger charge is 2.07. The van der Waals surface area contributed by atoms with Crippen LogP contribution in [0.4, 0.5) is 11.6 Å². The van der Waals surface area contributed by atoms with Crippen molar-refractivity contribution in [3.05, 3.63) is 61.1 Å². The van der Waals surface area contributed by atoms with E-state index in [1.807, 2.05) is 12.1 Å². The fourth-order valence-corrected chi connectivity index (χ4v) is 2.47. The second kappa shape index (κ2) is 6.11. The van der Waals surface area contributed by atoms with Gasteiger partial charge in [-0.2, -0.15) is 0 Å². The van der Waals surface area contributed by atoms with E-state index in [1.54, 1.807) is 36.8 Å². The van der Waals surface area contributed by atoms with Crippen LogP contribution in [0.5, 0.6) is 0 Å². The first-order valence-corrected chi connectivity index (χ1v) is 8.20. The molecule has 2 aromatic heterocycles. The number of primary sulfonamides is 1. The lowest BCUT2D eigenvalue weighted by Gasteiger charge is -2.07. The van der Waals surface area contributed by atoms with Crippen LogP contribution in [0.3, 0.4) is 0 Å². The molecule has 0 unspecified atom stereocenters. The molecule has 0 bridgehead atoms. The summed E-state index contributed by atoms with van der Waals surface area (Å²) in [6, 6.07) is 11.5. The van der Waals surface area contributed by atoms with E-state index in [1.165, 1.54) is 12.1 Å². The van der Waals surface area contributed by atoms with Crippen LogP contribution >= 0.6 is 0 Å². The summed E-state index contributed by atoms with van der Waals surface area (Å²) in [5.41, 5.74) is 2.26. The first kappa shape index (κ1) is 15.1. The SMILES string of the molecule is NS(=O)(=O)c1ccc(Nc2nccc(-c3cccnc3)n2)cc1. The smallest absolute Gasteiger partial charge is 0.238 e. The number of pyridine rings is 1. The summed E-state index contributed by atoms with van der Waals surface area (Å²) >= 11 is 0. The summed E-state index contributed by atoms with van der Waals surface area (Å²) in [7, 11) is -3.70. The second-order valence-corrected chi connectivity index (χ2v) is 6.26. The molecule has 23 heavy (non-hydrogen) atoms. The first-order valence-electron chi connectivity index (χ1n) is 6.66. The summed E-state index contributed by atoms with van der Waals surface area (Å²) in [4.78, 5) is 12.7. The van der Waals surface area contributed by atoms with Gasteiger partial charge in [-0.1, -0.05) is 0 Å². The zero-order chi connectivity index (χ0) is 16.3. The molecule has 0 aliphatic carbocycles. The van der Waals surface area contributed by atoms with Crippen molar-refractivity contribution >= 4 is 21.7 Å². The van der Waals surface area contributed by atoms with Gasteiger partial charge >= 0.3 is 0 Å². The van der Waals surface area contributed by atoms with Gasteiger partial charge in [0.25, 0.3) is 0 Å². The average molecular weight is 327 g/mol. The summed E-state index contributed by atoms with van der Waals surface area (Å²) in [5.74, 6) is 0.398. The number of sulfonamides is 1. The van der Waals surface area contributed by atoms with Gasteiger partial charge < -0.3 is 5.32 Å². The van der Waals surface area contributed by atoms with E-state index in [4.69, 9.17) is 5.14 Å². The number of aromatic nitrogens is 3. The minimum atomic E-state index is -3.70. The van der Waals surface area contributed by atoms with Gasteiger partial charge in [0, 0.05) is 29.8 Å². The van der Waals surface area contributed by atoms with Crippen LogP contribution in [0.2, 0.25) is 0 Å². The third kappa shape index (κ3) is 3.68. The standard InChI is InChI=1S/C15H13N5O2S/c16-23(21,22)13-5-3-12(4-6-13)19-15-18-9-7-14(20-15)11-2-1-8-17-10-11/h1-10H,(H2,16,21,22)(H,18,19,20). The first-order chi connectivity index (χ1) is 11.0. The molecule has 0 amide bonds. The molecule has 3 rings (SSSR count). The van der Waals surface area contributed by atoms with Crippen LogP contribution in [0.15, 0.2) is 66.0 Å². The topological polar surface area (TPSA) is 111 Å². The number of anilines is 2. The van der Waals surface area contributed by atoms with Crippen LogP contribution in [-0.2, 0) is 10.0 Å². The maximum Gasteiger partial charge on any atom is 0.238 e. The van der Waals surface area contributed by atoms with Crippen LogP contribution in [0.25, 0.3) is 11.3 Å². The van der Waals surface area contributed by atoms with Crippen LogP contribution < -0.4 is 10.5 Å². The Morgan fingerprint density at radius 1 is 1.00 bits per heavy atom. The van der Waals surface area contributed by atoms with Crippen LogP contribution in [0.1, 0.15) is 0 Å². The molecular weight excluding hydrogens is 314 g/mol. The molecule has 0 spiro atoms. The highest BCUT2D eigenvalue weighted by Crippen LogP contribution is 2.19. The molecule has 3 aromatic rings. The molecule has 0 atom stereocenters. The Balaban J connectivity index is 1.84. The van der Waals surface area contributed by atoms with Gasteiger partial charge in [0.2, 0.25) is 16.0 Å². The Hall–Kier alpha value is -2.84. The van der Waals surface area contributed by atoms with Gasteiger partial charge in [0.05, 0.1) is 10.6 Å². The Labute approximate surface area is 133 Å². The van der Waals surface area contributed by atoms with Crippen molar-refractivity contribution in [2.24, 2.45) is 5.14 Å². The van der Waals surface area contributed by atoms with Gasteiger partial charge in [-0.05, 0) is 42.5 Å². The zero-order valence-electron chi connectivity index (χ0n) is 11.9. The molecule has 0 fully saturated rings. The van der Waals surface area contributed by atoms with Gasteiger partial charge in [0.15, 0.2) is 0 Å². The zero-order valence-corrected chi connectivity index (χ0v) is 12.7. The van der Waals surface area contributed by atoms with E-state index in [2.05, 4.69) is 20.3 Å². The monoisotopic (exact) mass is 327 g/mol. The fraction of sp³-hybridized carbons (Fsp3) is 0. The number of hydrogen-bond donors (Lipinski definition) is 2. The predicted octanol–water partition coefficient (Wildman–Crippen LogP) is 1.93. The summed E-state index contributed by atoms with van der Waals surface area (Å²) in [5, 5.41) is 8.08. The minimum absolute atomic E-state index is 0.0491. The van der Waals surface area contributed by atoms with Gasteiger partial charge in [-0.25, -0.2) is 23.5 Å². The number of rotatable bonds is 4. The van der Waals surface area contributed by atoms with Crippen molar-refractivity contribution < 1.29 is 8.42 Å². The molecule has 7 nitrogen and oxygen atoms in total. The highest BCUT2D eigenvalue weighted by atomic mass is 32.2. The van der Waals surface area contributed by atoms with Crippen molar-refractivity contribution in [3.8, 4) is 11.3 Å². The molecule has 2 heterocycles. The molecular formula is C15H13N5O2S. The molecule has 8 heteroatoms. The van der Waals surface area contributed by atoms with Crippen molar-refractivity contribution in [1.82, 2.24) is 15.0 Å². The molecule has 0 aliphatic heterocycles. The van der Waals surface area contributed by atoms with Crippen LogP contribution in [-0.4, -0.2) is 23.4 Å². The van der Waals surface area contributed by atoms with Crippen molar-refractivity contribution in [2.45, 2.75) is 4.90 Å². The third-order valence-electron chi connectivity index (χ3n) is 3.05. The lowest BCUT2D eigenvalue weighted by Crippen LogP contribution is -2.11. The second-order valence-electron chi connectivity index (χ2n) is 4.70. The van der Waals surface area contributed by atoms with Gasteiger partial charge in [-0.3, -0.25) is 4.98 Å². The molecule has 0 radical (unpaired) electrons. The largest absolute Gasteiger partial charge is 0.324 e. The lowest BCUT2D eigenvalue weighted by atomic mass is 10.2. The Kier molecular flexibility index (Phi) is 4.00. The predicted molar refractivity (Wildman–Crippen MR) is 86.4 cm³/mol. The average Bonchev–Trinajstić information content (AvgIpc) is 2.56. The Bertz CT molecular complexity index is 912. The number of hydrogen-bond acceptors (Lipinski definition) is 6. The van der Waals surface area contributed by atoms with Gasteiger partial charge in [-0.15, -0.1) is 0 Å². The fourth-order valence-electron chi connectivity index (χ4n) is 1.95. The summed E-state index contributed by atoms with van der Waals surface area (Å²) in [6.07, 6.45) is 5.04. The van der Waals surface area contributed by atoms with E-state index in [0.717, 1.165) is 11.3 Å². The number of benzene rings is 1. The maximum absolute atomic E-state index is 11.2. The molecule has 0 aliphatic rings. The minimum Gasteiger partial charge on any atom is -0.324 e. The Morgan fingerprint density at radius 3 is 2.43 bits per heavy atom. The van der Waals surface area contributed by atoms with E-state index in [-0.39, 0.29) is 4.90 Å². The lowest BCUT2D eigenvalue weighted by molar-refractivity contribution is 0.598. The van der Waals surface area contributed by atoms with E-state index >= 15 is 0 Å². The number of nitrogens with two attached hydrogens (primary N) is 1. The molecule has 0 saturated carbocycles. The van der Waals surface area contributed by atoms with Gasteiger partial charge in [0.1, 0.15) is 0 Å². The maximum atomic E-state index is 11.2. The molecule has 3 N–H and O–H groups in total. The molecule has 0 saturated heterocycles. The molecule has 116 valence electrons. The normalized spacial score (nSPS) is 11.2. The Morgan fingerprint density at radius 2 is 1.78 bits per heavy atom. The molecule has 1 aromatic carbocycles. The van der Waals surface area contributed by atoms with Crippen molar-refractivity contribution in [3.63, 3.8) is 0 Å². The third-order valence-corrected chi connectivity index (χ3v) is 3.98. The summed E-state index contributed by atoms with van der Waals surface area (Å²) < 4.78 is 22.5. The number of nitrogens with one attached hydrogen (secondary N) is 1. The van der Waals surface area contributed by atoms with Crippen molar-refractivity contribution in [1.29, 1.82) is 0 Å². The summed E-state index contributed by atoms with van der Waals surface area (Å²) in [6.45, 7) is 0. The van der Waals surface area contributed by atoms with E-state index in [0.29, 0.717) is 11.6 Å². The quantitative estimate of drug-likeness (QED) is 0.757. The van der Waals surface area contributed by atoms with E-state index < -0.39 is 10.0 Å². The van der Waals surface area contributed by atoms with E-state index in [9.17, 15) is 8.42 Å². The van der Waals surface area contributed by atoms with Crippen LogP contribution in [0, 0.1) is 0 Å². The number of nitrogens with zero attached hydrogens (tertiary/aromatic N) is 3. The highest BCUT2D eigenvalue weighted by molar-refractivity contribution is 7.89.